The minimum atomic E-state index is -3.86. The van der Waals surface area contributed by atoms with E-state index in [1.54, 1.807) is 12.1 Å². The summed E-state index contributed by atoms with van der Waals surface area (Å²) in [6.07, 6.45) is 6.53. The van der Waals surface area contributed by atoms with Gasteiger partial charge in [-0.25, -0.2) is 17.6 Å². The highest BCUT2D eigenvalue weighted by molar-refractivity contribution is 7.92. The van der Waals surface area contributed by atoms with Gasteiger partial charge in [0.2, 0.25) is 0 Å². The Bertz CT molecular complexity index is 1210. The predicted molar refractivity (Wildman–Crippen MR) is 130 cm³/mol. The molecular formula is C27H30FNO6S. The van der Waals surface area contributed by atoms with Crippen molar-refractivity contribution in [3.05, 3.63) is 54.3 Å². The van der Waals surface area contributed by atoms with E-state index >= 15 is 0 Å². The molecule has 7 nitrogen and oxygen atoms in total. The highest BCUT2D eigenvalue weighted by atomic mass is 32.2. The quantitative estimate of drug-likeness (QED) is 0.461. The van der Waals surface area contributed by atoms with Crippen molar-refractivity contribution in [1.29, 1.82) is 0 Å². The summed E-state index contributed by atoms with van der Waals surface area (Å²) in [5.41, 5.74) is 0.0712. The molecule has 0 saturated heterocycles. The number of hydrogen-bond donors (Lipinski definition) is 0. The Kier molecular flexibility index (Phi) is 6.53. The van der Waals surface area contributed by atoms with E-state index in [4.69, 9.17) is 9.47 Å². The Morgan fingerprint density at radius 1 is 0.917 bits per heavy atom. The van der Waals surface area contributed by atoms with Crippen LogP contribution in [0.3, 0.4) is 0 Å². The van der Waals surface area contributed by atoms with Crippen molar-refractivity contribution in [3.8, 4) is 5.75 Å². The molecule has 0 aliphatic heterocycles. The van der Waals surface area contributed by atoms with Crippen LogP contribution < -0.4 is 9.04 Å². The molecule has 0 atom stereocenters. The first-order valence-electron chi connectivity index (χ1n) is 12.3. The summed E-state index contributed by atoms with van der Waals surface area (Å²) in [5.74, 6) is 1.20. The average Bonchev–Trinajstić information content (AvgIpc) is 2.85. The number of ether oxygens (including phenoxy) is 2. The Morgan fingerprint density at radius 2 is 1.47 bits per heavy atom. The number of Topliss-reactive ketones (excluding diaryl/α,β-unsaturated/α-hetero) is 1. The molecular weight excluding hydrogens is 485 g/mol. The molecule has 0 aromatic heterocycles. The molecule has 0 heterocycles. The SMILES string of the molecule is CN(c1ccc(OCC(=O)OCC(=O)C23CC4CC(CC(C4)C2)C3)cc1)S(=O)(=O)c1ccc(F)cc1. The van der Waals surface area contributed by atoms with Crippen molar-refractivity contribution >= 4 is 27.5 Å². The van der Waals surface area contributed by atoms with Crippen molar-refractivity contribution in [2.75, 3.05) is 24.6 Å². The molecule has 2 aromatic carbocycles. The van der Waals surface area contributed by atoms with E-state index in [9.17, 15) is 22.4 Å². The summed E-state index contributed by atoms with van der Waals surface area (Å²) >= 11 is 0. The van der Waals surface area contributed by atoms with Crippen LogP contribution in [-0.2, 0) is 24.3 Å². The van der Waals surface area contributed by atoms with Crippen molar-refractivity contribution in [2.45, 2.75) is 43.4 Å². The molecule has 2 aromatic rings. The van der Waals surface area contributed by atoms with Crippen LogP contribution in [0.5, 0.6) is 5.75 Å². The lowest BCUT2D eigenvalue weighted by molar-refractivity contribution is -0.158. The zero-order valence-electron chi connectivity index (χ0n) is 20.2. The van der Waals surface area contributed by atoms with Crippen molar-refractivity contribution in [1.82, 2.24) is 0 Å². The summed E-state index contributed by atoms with van der Waals surface area (Å²) < 4.78 is 50.5. The van der Waals surface area contributed by atoms with Gasteiger partial charge in [-0.3, -0.25) is 9.10 Å². The fraction of sp³-hybridized carbons (Fsp3) is 0.481. The first kappa shape index (κ1) is 24.7. The molecule has 9 heteroatoms. The van der Waals surface area contributed by atoms with Gasteiger partial charge in [0, 0.05) is 12.5 Å². The third-order valence-corrected chi connectivity index (χ3v) is 9.82. The molecule has 4 saturated carbocycles. The number of ketones is 1. The number of benzene rings is 2. The van der Waals surface area contributed by atoms with Crippen molar-refractivity contribution in [2.24, 2.45) is 23.2 Å². The third-order valence-electron chi connectivity index (χ3n) is 8.02. The van der Waals surface area contributed by atoms with E-state index in [0.29, 0.717) is 29.2 Å². The Hall–Kier alpha value is -2.94. The summed E-state index contributed by atoms with van der Waals surface area (Å²) in [5, 5.41) is 0. The summed E-state index contributed by atoms with van der Waals surface area (Å²) in [6.45, 7) is -0.559. The van der Waals surface area contributed by atoms with Gasteiger partial charge >= 0.3 is 5.97 Å². The monoisotopic (exact) mass is 515 g/mol. The average molecular weight is 516 g/mol. The maximum atomic E-state index is 13.1. The van der Waals surface area contributed by atoms with E-state index < -0.39 is 21.8 Å². The van der Waals surface area contributed by atoms with Crippen LogP contribution in [0, 0.1) is 29.0 Å². The molecule has 0 amide bonds. The van der Waals surface area contributed by atoms with Gasteiger partial charge in [0.25, 0.3) is 10.0 Å². The largest absolute Gasteiger partial charge is 0.482 e. The van der Waals surface area contributed by atoms with E-state index in [0.717, 1.165) is 35.7 Å². The van der Waals surface area contributed by atoms with Gasteiger partial charge < -0.3 is 9.47 Å². The Labute approximate surface area is 210 Å². The van der Waals surface area contributed by atoms with E-state index in [-0.39, 0.29) is 29.3 Å². The van der Waals surface area contributed by atoms with Gasteiger partial charge in [-0.1, -0.05) is 0 Å². The Balaban J connectivity index is 1.12. The maximum Gasteiger partial charge on any atom is 0.344 e. The first-order chi connectivity index (χ1) is 17.1. The summed E-state index contributed by atoms with van der Waals surface area (Å²) in [4.78, 5) is 25.2. The van der Waals surface area contributed by atoms with Crippen LogP contribution >= 0.6 is 0 Å². The number of anilines is 1. The third kappa shape index (κ3) is 4.85. The van der Waals surface area contributed by atoms with Crippen LogP contribution in [-0.4, -0.2) is 40.4 Å². The number of nitrogens with zero attached hydrogens (tertiary/aromatic N) is 1. The first-order valence-corrected chi connectivity index (χ1v) is 13.7. The van der Waals surface area contributed by atoms with Crippen molar-refractivity contribution in [3.63, 3.8) is 0 Å². The minimum Gasteiger partial charge on any atom is -0.482 e. The zero-order chi connectivity index (χ0) is 25.5. The fourth-order valence-corrected chi connectivity index (χ4v) is 7.79. The number of carbonyl (C=O) groups is 2. The smallest absolute Gasteiger partial charge is 0.344 e. The lowest BCUT2D eigenvalue weighted by Crippen LogP contribution is -2.51. The number of hydrogen-bond acceptors (Lipinski definition) is 6. The second kappa shape index (κ2) is 9.50. The summed E-state index contributed by atoms with van der Waals surface area (Å²) in [6, 6.07) is 10.8. The van der Waals surface area contributed by atoms with E-state index in [2.05, 4.69) is 0 Å². The second-order valence-electron chi connectivity index (χ2n) is 10.5. The molecule has 0 spiro atoms. The fourth-order valence-electron chi connectivity index (χ4n) is 6.59. The van der Waals surface area contributed by atoms with Gasteiger partial charge in [0.15, 0.2) is 19.0 Å². The molecule has 0 unspecified atom stereocenters. The lowest BCUT2D eigenvalue weighted by Gasteiger charge is -2.55. The van der Waals surface area contributed by atoms with Crippen LogP contribution in [0.4, 0.5) is 10.1 Å². The van der Waals surface area contributed by atoms with Crippen LogP contribution in [0.2, 0.25) is 0 Å². The van der Waals surface area contributed by atoms with Crippen LogP contribution in [0.15, 0.2) is 53.4 Å². The molecule has 6 rings (SSSR count). The standard InChI is InChI=1S/C27H30FNO6S/c1-29(36(32,33)24-8-2-21(28)3-9-24)22-4-6-23(7-5-22)34-17-26(31)35-16-25(30)27-13-18-10-19(14-27)12-20(11-18)15-27/h2-9,18-20H,10-17H2,1H3. The minimum absolute atomic E-state index is 0.0300. The normalized spacial score (nSPS) is 26.4. The van der Waals surface area contributed by atoms with Gasteiger partial charge in [-0.15, -0.1) is 0 Å². The predicted octanol–water partition coefficient (Wildman–Crippen LogP) is 4.36. The number of rotatable bonds is 9. The van der Waals surface area contributed by atoms with Gasteiger partial charge in [-0.05, 0) is 105 Å². The van der Waals surface area contributed by atoms with Crippen molar-refractivity contribution < 1.29 is 31.9 Å². The molecule has 0 N–H and O–H groups in total. The van der Waals surface area contributed by atoms with E-state index in [1.807, 2.05) is 0 Å². The molecule has 36 heavy (non-hydrogen) atoms. The van der Waals surface area contributed by atoms with E-state index in [1.165, 1.54) is 50.6 Å². The molecule has 4 bridgehead atoms. The van der Waals surface area contributed by atoms with Crippen LogP contribution in [0.1, 0.15) is 38.5 Å². The highest BCUT2D eigenvalue weighted by Gasteiger charge is 2.54. The topological polar surface area (TPSA) is 90.0 Å². The van der Waals surface area contributed by atoms with Gasteiger partial charge in [0.05, 0.1) is 10.6 Å². The lowest BCUT2D eigenvalue weighted by atomic mass is 9.48. The molecule has 0 radical (unpaired) electrons. The summed E-state index contributed by atoms with van der Waals surface area (Å²) in [7, 11) is -2.46. The molecule has 4 fully saturated rings. The second-order valence-corrected chi connectivity index (χ2v) is 12.5. The number of sulfonamides is 1. The number of halogens is 1. The highest BCUT2D eigenvalue weighted by Crippen LogP contribution is 2.60. The van der Waals surface area contributed by atoms with Gasteiger partial charge in [-0.2, -0.15) is 0 Å². The number of esters is 1. The van der Waals surface area contributed by atoms with Gasteiger partial charge in [0.1, 0.15) is 11.6 Å². The zero-order valence-corrected chi connectivity index (χ0v) is 21.0. The molecule has 4 aliphatic rings. The maximum absolute atomic E-state index is 13.1. The molecule has 4 aliphatic carbocycles. The Morgan fingerprint density at radius 3 is 2.03 bits per heavy atom. The molecule has 192 valence electrons. The number of carbonyl (C=O) groups excluding carboxylic acids is 2. The van der Waals surface area contributed by atoms with Crippen LogP contribution in [0.25, 0.3) is 0 Å².